The number of Topliss-reactive ketones (excluding diaryl/α,β-unsaturated/α-hetero) is 2. The predicted molar refractivity (Wildman–Crippen MR) is 80.7 cm³/mol. The van der Waals surface area contributed by atoms with Crippen molar-refractivity contribution in [3.8, 4) is 0 Å². The van der Waals surface area contributed by atoms with Crippen LogP contribution >= 0.6 is 0 Å². The van der Waals surface area contributed by atoms with Crippen molar-refractivity contribution in [1.82, 2.24) is 5.32 Å². The fourth-order valence-electron chi connectivity index (χ4n) is 2.48. The van der Waals surface area contributed by atoms with E-state index in [0.29, 0.717) is 5.56 Å². The van der Waals surface area contributed by atoms with Gasteiger partial charge in [-0.05, 0) is 19.1 Å². The Morgan fingerprint density at radius 2 is 1.45 bits per heavy atom. The Kier molecular flexibility index (Phi) is 3.15. The zero-order chi connectivity index (χ0) is 15.9. The molecule has 0 unspecified atom stereocenters. The zero-order valence-corrected chi connectivity index (χ0v) is 11.9. The van der Waals surface area contributed by atoms with Gasteiger partial charge in [0.15, 0.2) is 0 Å². The summed E-state index contributed by atoms with van der Waals surface area (Å²) >= 11 is 0. The van der Waals surface area contributed by atoms with Crippen molar-refractivity contribution in [2.45, 2.75) is 12.6 Å². The maximum Gasteiger partial charge on any atom is 0.253 e. The van der Waals surface area contributed by atoms with Crippen molar-refractivity contribution in [3.05, 3.63) is 70.8 Å². The summed E-state index contributed by atoms with van der Waals surface area (Å²) in [5.41, 5.74) is 5.71. The van der Waals surface area contributed by atoms with Crippen LogP contribution in [0.4, 0.5) is 0 Å². The van der Waals surface area contributed by atoms with E-state index in [1.165, 1.54) is 12.1 Å². The van der Waals surface area contributed by atoms with Crippen molar-refractivity contribution < 1.29 is 14.4 Å². The van der Waals surface area contributed by atoms with E-state index in [1.807, 2.05) is 6.92 Å². The fraction of sp³-hybridized carbons (Fsp3) is 0.118. The summed E-state index contributed by atoms with van der Waals surface area (Å²) < 4.78 is 0. The van der Waals surface area contributed by atoms with Crippen LogP contribution in [0.3, 0.4) is 0 Å². The molecule has 1 aliphatic rings. The number of rotatable bonds is 2. The molecule has 0 spiro atoms. The predicted octanol–water partition coefficient (Wildman–Crippen LogP) is 1.46. The Bertz CT molecular complexity index is 759. The lowest BCUT2D eigenvalue weighted by Crippen LogP contribution is -2.63. The first-order chi connectivity index (χ1) is 10.4. The number of carbonyl (C=O) groups excluding carboxylic acids is 3. The van der Waals surface area contributed by atoms with Crippen LogP contribution in [0.2, 0.25) is 0 Å². The molecule has 0 saturated heterocycles. The van der Waals surface area contributed by atoms with Crippen LogP contribution in [0.15, 0.2) is 48.5 Å². The normalized spacial score (nSPS) is 15.5. The van der Waals surface area contributed by atoms with E-state index in [1.54, 1.807) is 36.4 Å². The minimum atomic E-state index is -2.04. The second-order valence-corrected chi connectivity index (χ2v) is 5.33. The molecule has 0 atom stereocenters. The summed E-state index contributed by atoms with van der Waals surface area (Å²) in [6.07, 6.45) is 0. The highest BCUT2D eigenvalue weighted by atomic mass is 16.2. The van der Waals surface area contributed by atoms with Crippen LogP contribution < -0.4 is 11.1 Å². The van der Waals surface area contributed by atoms with Gasteiger partial charge in [0.05, 0.1) is 0 Å². The van der Waals surface area contributed by atoms with Gasteiger partial charge in [-0.1, -0.05) is 42.0 Å². The van der Waals surface area contributed by atoms with E-state index >= 15 is 0 Å². The van der Waals surface area contributed by atoms with Crippen LogP contribution in [-0.2, 0) is 0 Å². The zero-order valence-electron chi connectivity index (χ0n) is 11.9. The van der Waals surface area contributed by atoms with Gasteiger partial charge in [-0.25, -0.2) is 0 Å². The Labute approximate surface area is 127 Å². The van der Waals surface area contributed by atoms with Gasteiger partial charge in [-0.3, -0.25) is 20.1 Å². The second kappa shape index (κ2) is 4.89. The molecular weight excluding hydrogens is 280 g/mol. The quantitative estimate of drug-likeness (QED) is 0.648. The molecule has 0 saturated carbocycles. The number of nitrogens with one attached hydrogen (secondary N) is 1. The van der Waals surface area contributed by atoms with Gasteiger partial charge in [-0.15, -0.1) is 0 Å². The number of carbonyl (C=O) groups is 3. The Hall–Kier alpha value is -2.79. The number of hydrogen-bond donors (Lipinski definition) is 2. The monoisotopic (exact) mass is 294 g/mol. The number of benzene rings is 2. The molecule has 0 heterocycles. The molecule has 5 nitrogen and oxygen atoms in total. The van der Waals surface area contributed by atoms with Crippen molar-refractivity contribution in [2.75, 3.05) is 0 Å². The highest BCUT2D eigenvalue weighted by Gasteiger charge is 2.51. The highest BCUT2D eigenvalue weighted by Crippen LogP contribution is 2.26. The largest absolute Gasteiger partial charge is 0.321 e. The van der Waals surface area contributed by atoms with Gasteiger partial charge in [0.1, 0.15) is 0 Å². The van der Waals surface area contributed by atoms with Gasteiger partial charge >= 0.3 is 0 Å². The lowest BCUT2D eigenvalue weighted by Gasteiger charge is -2.22. The summed E-state index contributed by atoms with van der Waals surface area (Å²) in [4.78, 5) is 37.0. The first kappa shape index (κ1) is 14.2. The Morgan fingerprint density at radius 1 is 0.955 bits per heavy atom. The lowest BCUT2D eigenvalue weighted by atomic mass is 10.0. The van der Waals surface area contributed by atoms with Crippen LogP contribution in [0.5, 0.6) is 0 Å². The molecule has 3 N–H and O–H groups in total. The van der Waals surface area contributed by atoms with Gasteiger partial charge in [0.25, 0.3) is 5.91 Å². The molecule has 2 aromatic rings. The van der Waals surface area contributed by atoms with Gasteiger partial charge < -0.3 is 5.32 Å². The topological polar surface area (TPSA) is 89.3 Å². The molecule has 0 fully saturated rings. The van der Waals surface area contributed by atoms with E-state index in [4.69, 9.17) is 5.73 Å². The van der Waals surface area contributed by atoms with E-state index in [0.717, 1.165) is 5.56 Å². The van der Waals surface area contributed by atoms with Crippen LogP contribution in [0, 0.1) is 6.92 Å². The summed E-state index contributed by atoms with van der Waals surface area (Å²) in [6, 6.07) is 13.1. The van der Waals surface area contributed by atoms with Crippen molar-refractivity contribution in [3.63, 3.8) is 0 Å². The van der Waals surface area contributed by atoms with Crippen LogP contribution in [-0.4, -0.2) is 23.1 Å². The first-order valence-electron chi connectivity index (χ1n) is 6.80. The van der Waals surface area contributed by atoms with Crippen molar-refractivity contribution >= 4 is 17.5 Å². The van der Waals surface area contributed by atoms with E-state index < -0.39 is 23.1 Å². The fourth-order valence-corrected chi connectivity index (χ4v) is 2.48. The summed E-state index contributed by atoms with van der Waals surface area (Å²) in [5, 5.41) is 2.38. The third-order valence-corrected chi connectivity index (χ3v) is 3.76. The van der Waals surface area contributed by atoms with Gasteiger partial charge in [0, 0.05) is 16.7 Å². The van der Waals surface area contributed by atoms with Crippen molar-refractivity contribution in [1.29, 1.82) is 0 Å². The van der Waals surface area contributed by atoms with Crippen LogP contribution in [0.1, 0.15) is 36.6 Å². The average molecular weight is 294 g/mol. The maximum atomic E-state index is 12.4. The number of ketones is 2. The number of fused-ring (bicyclic) bond motifs is 1. The Morgan fingerprint density at radius 3 is 1.95 bits per heavy atom. The number of hydrogen-bond acceptors (Lipinski definition) is 4. The number of nitrogens with two attached hydrogens (primary N) is 1. The molecule has 0 radical (unpaired) electrons. The lowest BCUT2D eigenvalue weighted by molar-refractivity contribution is 0.0704. The molecule has 110 valence electrons. The molecule has 2 aromatic carbocycles. The van der Waals surface area contributed by atoms with E-state index in [9.17, 15) is 14.4 Å². The molecule has 5 heteroatoms. The molecule has 0 bridgehead atoms. The molecule has 3 rings (SSSR count). The standard InChI is InChI=1S/C17H14N2O3/c1-10-6-8-11(9-7-10)16(22)19-17(18)14(20)12-4-2-3-5-13(12)15(17)21/h2-9H,18H2,1H3,(H,19,22). The van der Waals surface area contributed by atoms with E-state index in [2.05, 4.69) is 5.32 Å². The number of aryl methyl sites for hydroxylation is 1. The third-order valence-electron chi connectivity index (χ3n) is 3.76. The number of amides is 1. The highest BCUT2D eigenvalue weighted by molar-refractivity contribution is 6.33. The second-order valence-electron chi connectivity index (χ2n) is 5.33. The minimum absolute atomic E-state index is 0.235. The molecule has 1 amide bonds. The molecule has 0 aliphatic heterocycles. The SMILES string of the molecule is Cc1ccc(C(=O)NC2(N)C(=O)c3ccccc3C2=O)cc1. The third kappa shape index (κ3) is 2.03. The van der Waals surface area contributed by atoms with E-state index in [-0.39, 0.29) is 11.1 Å². The molecule has 22 heavy (non-hydrogen) atoms. The van der Waals surface area contributed by atoms with Crippen molar-refractivity contribution in [2.24, 2.45) is 5.73 Å². The Balaban J connectivity index is 1.92. The minimum Gasteiger partial charge on any atom is -0.321 e. The average Bonchev–Trinajstić information content (AvgIpc) is 2.70. The molecule has 1 aliphatic carbocycles. The van der Waals surface area contributed by atoms with Gasteiger partial charge in [-0.2, -0.15) is 0 Å². The van der Waals surface area contributed by atoms with Gasteiger partial charge in [0.2, 0.25) is 17.2 Å². The summed E-state index contributed by atoms with van der Waals surface area (Å²) in [6.45, 7) is 1.90. The molecule has 0 aromatic heterocycles. The van der Waals surface area contributed by atoms with Crippen LogP contribution in [0.25, 0.3) is 0 Å². The summed E-state index contributed by atoms with van der Waals surface area (Å²) in [7, 11) is 0. The maximum absolute atomic E-state index is 12.4. The summed E-state index contributed by atoms with van der Waals surface area (Å²) in [5.74, 6) is -1.74. The smallest absolute Gasteiger partial charge is 0.253 e. The first-order valence-corrected chi connectivity index (χ1v) is 6.80. The molecular formula is C17H14N2O3.